The molecule has 8 heteroatoms. The first-order valence-corrected chi connectivity index (χ1v) is 11.4. The van der Waals surface area contributed by atoms with Gasteiger partial charge in [0.2, 0.25) is 5.91 Å². The van der Waals surface area contributed by atoms with Crippen molar-refractivity contribution in [3.8, 4) is 0 Å². The number of hydrogen-bond donors (Lipinski definition) is 2. The van der Waals surface area contributed by atoms with Gasteiger partial charge in [-0.05, 0) is 43.4 Å². The molecule has 144 valence electrons. The van der Waals surface area contributed by atoms with Gasteiger partial charge in [0, 0.05) is 11.3 Å². The molecule has 1 heterocycles. The molecule has 1 aliphatic carbocycles. The average Bonchev–Trinajstić information content (AvgIpc) is 2.82. The molecule has 2 aromatic rings. The molecule has 0 atom stereocenters. The van der Waals surface area contributed by atoms with E-state index in [1.807, 2.05) is 0 Å². The normalized spacial score (nSPS) is 14.2. The number of primary amides is 1. The molecule has 0 radical (unpaired) electrons. The molecule has 0 saturated carbocycles. The largest absolute Gasteiger partial charge is 0.365 e. The Morgan fingerprint density at radius 1 is 1.07 bits per heavy atom. The van der Waals surface area contributed by atoms with Gasteiger partial charge in [0.15, 0.2) is 9.84 Å². The minimum atomic E-state index is -3.53. The molecule has 0 unspecified atom stereocenters. The first-order valence-electron chi connectivity index (χ1n) is 8.90. The SMILES string of the molecule is NC(=O)c1c(NC(=O)CCS(=O)(=O)c2ccccc2)sc2c1CCCCC2. The lowest BCUT2D eigenvalue weighted by Gasteiger charge is -2.07. The van der Waals surface area contributed by atoms with Gasteiger partial charge in [-0.15, -0.1) is 11.3 Å². The predicted octanol–water partition coefficient (Wildman–Crippen LogP) is 2.92. The monoisotopic (exact) mass is 406 g/mol. The minimum Gasteiger partial charge on any atom is -0.365 e. The van der Waals surface area contributed by atoms with E-state index in [9.17, 15) is 18.0 Å². The highest BCUT2D eigenvalue weighted by atomic mass is 32.2. The highest BCUT2D eigenvalue weighted by Gasteiger charge is 2.24. The number of rotatable bonds is 6. The fourth-order valence-electron chi connectivity index (χ4n) is 3.25. The van der Waals surface area contributed by atoms with Crippen LogP contribution in [0.25, 0.3) is 0 Å². The van der Waals surface area contributed by atoms with Crippen LogP contribution in [0.5, 0.6) is 0 Å². The van der Waals surface area contributed by atoms with Crippen molar-refractivity contribution in [1.82, 2.24) is 0 Å². The lowest BCUT2D eigenvalue weighted by molar-refractivity contribution is -0.115. The third kappa shape index (κ3) is 4.56. The molecular weight excluding hydrogens is 384 g/mol. The molecule has 0 bridgehead atoms. The number of carbonyl (C=O) groups excluding carboxylic acids is 2. The summed E-state index contributed by atoms with van der Waals surface area (Å²) < 4.78 is 24.6. The van der Waals surface area contributed by atoms with E-state index in [4.69, 9.17) is 5.73 Å². The third-order valence-corrected chi connectivity index (χ3v) is 7.56. The van der Waals surface area contributed by atoms with E-state index in [0.717, 1.165) is 42.5 Å². The summed E-state index contributed by atoms with van der Waals surface area (Å²) in [6.45, 7) is 0. The maximum atomic E-state index is 12.3. The molecule has 0 saturated heterocycles. The number of nitrogens with one attached hydrogen (secondary N) is 1. The topological polar surface area (TPSA) is 106 Å². The Balaban J connectivity index is 1.72. The summed E-state index contributed by atoms with van der Waals surface area (Å²) in [6, 6.07) is 8.04. The molecule has 0 aliphatic heterocycles. The van der Waals surface area contributed by atoms with Crippen LogP contribution in [0.2, 0.25) is 0 Å². The number of benzene rings is 1. The maximum Gasteiger partial charge on any atom is 0.251 e. The Morgan fingerprint density at radius 3 is 2.48 bits per heavy atom. The number of anilines is 1. The van der Waals surface area contributed by atoms with E-state index >= 15 is 0 Å². The van der Waals surface area contributed by atoms with Crippen LogP contribution in [-0.2, 0) is 27.5 Å². The first-order chi connectivity index (χ1) is 12.9. The Hall–Kier alpha value is -2.19. The second kappa shape index (κ2) is 8.22. The van der Waals surface area contributed by atoms with E-state index in [0.29, 0.717) is 10.6 Å². The molecule has 1 aromatic carbocycles. The van der Waals surface area contributed by atoms with Crippen LogP contribution >= 0.6 is 11.3 Å². The summed E-state index contributed by atoms with van der Waals surface area (Å²) in [5.41, 5.74) is 6.88. The Kier molecular flexibility index (Phi) is 5.96. The number of fused-ring (bicyclic) bond motifs is 1. The van der Waals surface area contributed by atoms with Crippen molar-refractivity contribution in [1.29, 1.82) is 0 Å². The fraction of sp³-hybridized carbons (Fsp3) is 0.368. The second-order valence-corrected chi connectivity index (χ2v) is 9.78. The summed E-state index contributed by atoms with van der Waals surface area (Å²) in [7, 11) is -3.53. The molecule has 6 nitrogen and oxygen atoms in total. The summed E-state index contributed by atoms with van der Waals surface area (Å²) in [5, 5.41) is 3.15. The van der Waals surface area contributed by atoms with Crippen molar-refractivity contribution in [2.45, 2.75) is 43.4 Å². The van der Waals surface area contributed by atoms with Gasteiger partial charge in [-0.2, -0.15) is 0 Å². The quantitative estimate of drug-likeness (QED) is 0.719. The van der Waals surface area contributed by atoms with Crippen LogP contribution in [-0.4, -0.2) is 26.0 Å². The molecule has 1 aromatic heterocycles. The van der Waals surface area contributed by atoms with Crippen molar-refractivity contribution in [2.24, 2.45) is 5.73 Å². The van der Waals surface area contributed by atoms with Crippen molar-refractivity contribution in [3.05, 3.63) is 46.3 Å². The number of carbonyl (C=O) groups is 2. The summed E-state index contributed by atoms with van der Waals surface area (Å²) >= 11 is 1.38. The van der Waals surface area contributed by atoms with Gasteiger partial charge in [-0.1, -0.05) is 24.6 Å². The van der Waals surface area contributed by atoms with Crippen molar-refractivity contribution in [3.63, 3.8) is 0 Å². The zero-order valence-corrected chi connectivity index (χ0v) is 16.5. The lowest BCUT2D eigenvalue weighted by atomic mass is 10.1. The van der Waals surface area contributed by atoms with Gasteiger partial charge in [0.05, 0.1) is 16.2 Å². The Bertz CT molecular complexity index is 950. The van der Waals surface area contributed by atoms with Gasteiger partial charge >= 0.3 is 0 Å². The standard InChI is InChI=1S/C19H22N2O4S2/c20-18(23)17-14-9-5-2-6-10-15(14)26-19(17)21-16(22)11-12-27(24,25)13-7-3-1-4-8-13/h1,3-4,7-8H,2,5-6,9-12H2,(H2,20,23)(H,21,22). The molecule has 3 rings (SSSR count). The number of hydrogen-bond acceptors (Lipinski definition) is 5. The second-order valence-electron chi connectivity index (χ2n) is 6.56. The predicted molar refractivity (Wildman–Crippen MR) is 106 cm³/mol. The van der Waals surface area contributed by atoms with Gasteiger partial charge in [0.25, 0.3) is 5.91 Å². The van der Waals surface area contributed by atoms with Gasteiger partial charge in [-0.25, -0.2) is 8.42 Å². The summed E-state index contributed by atoms with van der Waals surface area (Å²) in [6.07, 6.45) is 4.62. The Labute approximate surface area is 162 Å². The highest BCUT2D eigenvalue weighted by molar-refractivity contribution is 7.91. The van der Waals surface area contributed by atoms with Crippen LogP contribution < -0.4 is 11.1 Å². The number of aryl methyl sites for hydroxylation is 1. The first kappa shape index (κ1) is 19.6. The number of amides is 2. The zero-order chi connectivity index (χ0) is 19.4. The molecular formula is C19H22N2O4S2. The maximum absolute atomic E-state index is 12.3. The molecule has 0 fully saturated rings. The average molecular weight is 407 g/mol. The third-order valence-electron chi connectivity index (χ3n) is 4.62. The van der Waals surface area contributed by atoms with Crippen LogP contribution in [0.15, 0.2) is 35.2 Å². The molecule has 3 N–H and O–H groups in total. The van der Waals surface area contributed by atoms with E-state index in [2.05, 4.69) is 5.32 Å². The van der Waals surface area contributed by atoms with Gasteiger partial charge < -0.3 is 11.1 Å². The fourth-order valence-corrected chi connectivity index (χ4v) is 5.83. The van der Waals surface area contributed by atoms with Crippen molar-refractivity contribution >= 4 is 38.0 Å². The lowest BCUT2D eigenvalue weighted by Crippen LogP contribution is -2.20. The van der Waals surface area contributed by atoms with Crippen molar-refractivity contribution < 1.29 is 18.0 Å². The van der Waals surface area contributed by atoms with E-state index < -0.39 is 21.7 Å². The number of thiophene rings is 1. The van der Waals surface area contributed by atoms with Crippen LogP contribution in [0, 0.1) is 0 Å². The zero-order valence-electron chi connectivity index (χ0n) is 14.9. The van der Waals surface area contributed by atoms with E-state index in [-0.39, 0.29) is 17.1 Å². The van der Waals surface area contributed by atoms with Crippen LogP contribution in [0.1, 0.15) is 46.5 Å². The van der Waals surface area contributed by atoms with Crippen molar-refractivity contribution in [2.75, 3.05) is 11.1 Å². The highest BCUT2D eigenvalue weighted by Crippen LogP contribution is 2.37. The summed E-state index contributed by atoms with van der Waals surface area (Å²) in [5.74, 6) is -1.28. The van der Waals surface area contributed by atoms with E-state index in [1.165, 1.54) is 23.5 Å². The molecule has 27 heavy (non-hydrogen) atoms. The molecule has 2 amide bonds. The summed E-state index contributed by atoms with van der Waals surface area (Å²) in [4.78, 5) is 25.5. The molecule has 1 aliphatic rings. The smallest absolute Gasteiger partial charge is 0.251 e. The van der Waals surface area contributed by atoms with E-state index in [1.54, 1.807) is 18.2 Å². The van der Waals surface area contributed by atoms with Crippen LogP contribution in [0.4, 0.5) is 5.00 Å². The minimum absolute atomic E-state index is 0.183. The van der Waals surface area contributed by atoms with Gasteiger partial charge in [-0.3, -0.25) is 9.59 Å². The molecule has 0 spiro atoms. The van der Waals surface area contributed by atoms with Crippen LogP contribution in [0.3, 0.4) is 0 Å². The number of sulfone groups is 1. The number of nitrogens with two attached hydrogens (primary N) is 1. The van der Waals surface area contributed by atoms with Gasteiger partial charge in [0.1, 0.15) is 5.00 Å². The Morgan fingerprint density at radius 2 is 1.78 bits per heavy atom.